The Labute approximate surface area is 161 Å². The molecular weight excluding hydrogens is 366 g/mol. The van der Waals surface area contributed by atoms with Crippen molar-refractivity contribution in [3.8, 4) is 11.3 Å². The van der Waals surface area contributed by atoms with Crippen LogP contribution in [-0.2, 0) is 15.1 Å². The Morgan fingerprint density at radius 2 is 2.00 bits per heavy atom. The molecule has 28 heavy (non-hydrogen) atoms. The summed E-state index contributed by atoms with van der Waals surface area (Å²) in [5.41, 5.74) is 0.0894. The fourth-order valence-electron chi connectivity index (χ4n) is 4.95. The maximum Gasteiger partial charge on any atom is 0.332 e. The molecule has 2 aromatic rings. The van der Waals surface area contributed by atoms with Crippen LogP contribution in [-0.4, -0.2) is 27.4 Å². The van der Waals surface area contributed by atoms with E-state index in [1.807, 2.05) is 13.8 Å². The summed E-state index contributed by atoms with van der Waals surface area (Å²) in [4.78, 5) is 11.6. The monoisotopic (exact) mass is 388 g/mol. The summed E-state index contributed by atoms with van der Waals surface area (Å²) in [6.45, 7) is 5.83. The summed E-state index contributed by atoms with van der Waals surface area (Å²) < 4.78 is 34.6. The summed E-state index contributed by atoms with van der Waals surface area (Å²) in [6.07, 6.45) is 0.818. The number of carboxylic acids is 1. The first-order valence-corrected chi connectivity index (χ1v) is 9.46. The van der Waals surface area contributed by atoms with E-state index in [1.165, 1.54) is 18.2 Å². The number of carboxylic acid groups (broad SMARTS) is 1. The average molecular weight is 388 g/mol. The second-order valence-corrected chi connectivity index (χ2v) is 8.12. The van der Waals surface area contributed by atoms with Gasteiger partial charge in [-0.2, -0.15) is 5.10 Å². The van der Waals surface area contributed by atoms with Gasteiger partial charge in [0.2, 0.25) is 0 Å². The van der Waals surface area contributed by atoms with Gasteiger partial charge >= 0.3 is 5.97 Å². The molecule has 2 aliphatic carbocycles. The maximum absolute atomic E-state index is 14.2. The van der Waals surface area contributed by atoms with Gasteiger partial charge < -0.3 is 9.84 Å². The maximum atomic E-state index is 14.2. The minimum atomic E-state index is -1.01. The summed E-state index contributed by atoms with van der Waals surface area (Å²) >= 11 is 0. The van der Waals surface area contributed by atoms with Gasteiger partial charge in [0.05, 0.1) is 17.0 Å². The minimum Gasteiger partial charge on any atom is -0.479 e. The molecule has 1 heterocycles. The van der Waals surface area contributed by atoms with Crippen LogP contribution in [0, 0.1) is 17.0 Å². The van der Waals surface area contributed by atoms with Crippen molar-refractivity contribution in [1.29, 1.82) is 0 Å². The Bertz CT molecular complexity index is 942. The molecule has 3 atom stereocenters. The van der Waals surface area contributed by atoms with Gasteiger partial charge in [-0.05, 0) is 48.9 Å². The Hall–Kier alpha value is -2.41. The van der Waals surface area contributed by atoms with Gasteiger partial charge in [-0.3, -0.25) is 0 Å². The Kier molecular flexibility index (Phi) is 4.26. The largest absolute Gasteiger partial charge is 0.479 e. The van der Waals surface area contributed by atoms with Crippen molar-refractivity contribution in [3.05, 3.63) is 47.2 Å². The van der Waals surface area contributed by atoms with Gasteiger partial charge in [-0.15, -0.1) is 5.10 Å². The van der Waals surface area contributed by atoms with Gasteiger partial charge in [0, 0.05) is 5.41 Å². The van der Waals surface area contributed by atoms with Crippen molar-refractivity contribution in [1.82, 2.24) is 10.2 Å². The molecule has 1 fully saturated rings. The predicted molar refractivity (Wildman–Crippen MR) is 97.6 cm³/mol. The molecule has 1 aromatic carbocycles. The number of benzene rings is 1. The molecule has 5 nitrogen and oxygen atoms in total. The average Bonchev–Trinajstić information content (AvgIpc) is 3.00. The molecule has 0 unspecified atom stereocenters. The van der Waals surface area contributed by atoms with E-state index in [9.17, 15) is 18.7 Å². The van der Waals surface area contributed by atoms with E-state index in [2.05, 4.69) is 10.2 Å². The quantitative estimate of drug-likeness (QED) is 0.821. The molecule has 0 aliphatic heterocycles. The zero-order chi connectivity index (χ0) is 20.3. The number of rotatable bonds is 5. The summed E-state index contributed by atoms with van der Waals surface area (Å²) in [7, 11) is 0. The van der Waals surface area contributed by atoms with E-state index in [0.717, 1.165) is 12.0 Å². The lowest BCUT2D eigenvalue weighted by Gasteiger charge is -2.39. The van der Waals surface area contributed by atoms with Crippen LogP contribution in [0.15, 0.2) is 24.3 Å². The molecule has 2 aliphatic rings. The summed E-state index contributed by atoms with van der Waals surface area (Å²) in [5.74, 6) is -2.35. The highest BCUT2D eigenvalue weighted by Gasteiger charge is 2.65. The predicted octanol–water partition coefficient (Wildman–Crippen LogP) is 4.41. The summed E-state index contributed by atoms with van der Waals surface area (Å²) in [6, 6.07) is 5.36. The molecule has 148 valence electrons. The van der Waals surface area contributed by atoms with Gasteiger partial charge in [0.15, 0.2) is 6.10 Å². The molecule has 1 N–H and O–H groups in total. The highest BCUT2D eigenvalue weighted by atomic mass is 19.1. The van der Waals surface area contributed by atoms with Crippen LogP contribution < -0.4 is 0 Å². The lowest BCUT2D eigenvalue weighted by Crippen LogP contribution is -2.43. The van der Waals surface area contributed by atoms with Crippen molar-refractivity contribution in [2.45, 2.75) is 57.7 Å². The summed E-state index contributed by atoms with van der Waals surface area (Å²) in [5, 5.41) is 17.9. The SMILES string of the molecule is CC[C@@H](O[C@]12CC[C@@H](c3cc(-c4c(F)cccc4F)nnc31)C2(C)C)C(=O)O. The number of hydrogen-bond acceptors (Lipinski definition) is 4. The van der Waals surface area contributed by atoms with Crippen LogP contribution in [0.3, 0.4) is 0 Å². The van der Waals surface area contributed by atoms with Gasteiger partial charge in [-0.1, -0.05) is 26.8 Å². The molecule has 4 rings (SSSR count). The number of fused-ring (bicyclic) bond motifs is 5. The number of carbonyl (C=O) groups is 1. The van der Waals surface area contributed by atoms with Crippen molar-refractivity contribution in [2.75, 3.05) is 0 Å². The molecule has 1 aromatic heterocycles. The normalized spacial score (nSPS) is 25.5. The molecule has 0 saturated heterocycles. The zero-order valence-electron chi connectivity index (χ0n) is 16.0. The fraction of sp³-hybridized carbons (Fsp3) is 0.476. The van der Waals surface area contributed by atoms with Crippen molar-refractivity contribution in [3.63, 3.8) is 0 Å². The van der Waals surface area contributed by atoms with Gasteiger partial charge in [-0.25, -0.2) is 13.6 Å². The van der Waals surface area contributed by atoms with Crippen molar-refractivity contribution >= 4 is 5.97 Å². The van der Waals surface area contributed by atoms with E-state index in [0.29, 0.717) is 18.5 Å². The highest BCUT2D eigenvalue weighted by Crippen LogP contribution is 2.68. The molecule has 0 spiro atoms. The van der Waals surface area contributed by atoms with Crippen LogP contribution in [0.2, 0.25) is 0 Å². The third-order valence-corrected chi connectivity index (χ3v) is 6.49. The first-order valence-electron chi connectivity index (χ1n) is 9.46. The van der Waals surface area contributed by atoms with Crippen LogP contribution in [0.4, 0.5) is 8.78 Å². The first-order chi connectivity index (χ1) is 13.2. The van der Waals surface area contributed by atoms with Crippen LogP contribution in [0.5, 0.6) is 0 Å². The van der Waals surface area contributed by atoms with E-state index < -0.39 is 34.7 Å². The van der Waals surface area contributed by atoms with E-state index in [1.54, 1.807) is 13.0 Å². The lowest BCUT2D eigenvalue weighted by atomic mass is 9.77. The standard InChI is InChI=1S/C21H22F2N2O3/c1-4-16(19(26)27)28-21-9-8-12(20(21,2)3)11-10-15(24-25-18(11)21)17-13(22)6-5-7-14(17)23/h5-7,10,12,16H,4,8-9H2,1-3H3,(H,26,27)/t12-,16+,21+/m0/s1. The Morgan fingerprint density at radius 1 is 1.32 bits per heavy atom. The van der Waals surface area contributed by atoms with E-state index in [-0.39, 0.29) is 17.2 Å². The third-order valence-electron chi connectivity index (χ3n) is 6.49. The van der Waals surface area contributed by atoms with E-state index in [4.69, 9.17) is 4.74 Å². The number of aliphatic carboxylic acids is 1. The fourth-order valence-corrected chi connectivity index (χ4v) is 4.95. The Balaban J connectivity index is 1.84. The van der Waals surface area contributed by atoms with E-state index >= 15 is 0 Å². The topological polar surface area (TPSA) is 72.3 Å². The third kappa shape index (κ3) is 2.42. The first kappa shape index (κ1) is 18.9. The van der Waals surface area contributed by atoms with Crippen LogP contribution in [0.1, 0.15) is 57.2 Å². The number of aromatic nitrogens is 2. The Morgan fingerprint density at radius 3 is 2.61 bits per heavy atom. The zero-order valence-corrected chi connectivity index (χ0v) is 16.0. The second-order valence-electron chi connectivity index (χ2n) is 8.12. The molecule has 0 amide bonds. The smallest absolute Gasteiger partial charge is 0.332 e. The van der Waals surface area contributed by atoms with Crippen LogP contribution in [0.25, 0.3) is 11.3 Å². The number of nitrogens with zero attached hydrogens (tertiary/aromatic N) is 2. The second kappa shape index (κ2) is 6.30. The molecule has 2 bridgehead atoms. The highest BCUT2D eigenvalue weighted by molar-refractivity contribution is 5.72. The number of hydrogen-bond donors (Lipinski definition) is 1. The number of ether oxygens (including phenoxy) is 1. The number of halogens is 2. The molecular formula is C21H22F2N2O3. The molecule has 7 heteroatoms. The van der Waals surface area contributed by atoms with Crippen LogP contribution >= 0.6 is 0 Å². The van der Waals surface area contributed by atoms with Crippen molar-refractivity contribution < 1.29 is 23.4 Å². The molecule has 1 saturated carbocycles. The van der Waals surface area contributed by atoms with Gasteiger partial charge in [0.1, 0.15) is 17.2 Å². The molecule has 0 radical (unpaired) electrons. The van der Waals surface area contributed by atoms with Gasteiger partial charge in [0.25, 0.3) is 0 Å². The minimum absolute atomic E-state index is 0.0536. The van der Waals surface area contributed by atoms with Crippen molar-refractivity contribution in [2.24, 2.45) is 5.41 Å². The lowest BCUT2D eigenvalue weighted by molar-refractivity contribution is -0.181.